The molecule has 0 aliphatic carbocycles. The van der Waals surface area contributed by atoms with Crippen molar-refractivity contribution in [2.24, 2.45) is 5.14 Å². The highest BCUT2D eigenvalue weighted by atomic mass is 35.5. The predicted octanol–water partition coefficient (Wildman–Crippen LogP) is 1.34. The van der Waals surface area contributed by atoms with Crippen LogP contribution < -0.4 is 16.0 Å². The quantitative estimate of drug-likeness (QED) is 0.693. The Balaban J connectivity index is 1.78. The van der Waals surface area contributed by atoms with Gasteiger partial charge in [-0.3, -0.25) is 14.2 Å². The van der Waals surface area contributed by atoms with Gasteiger partial charge in [-0.25, -0.2) is 18.5 Å². The van der Waals surface area contributed by atoms with Crippen molar-refractivity contribution >= 4 is 44.1 Å². The Morgan fingerprint density at radius 3 is 2.54 bits per heavy atom. The highest BCUT2D eigenvalue weighted by molar-refractivity contribution is 7.89. The number of carbonyl (C=O) groups is 1. The SMILES string of the molecule is NS(=O)(=O)c1ccc(NC(=O)Cn2cnc3cc(Cl)ccc3c2=O)cc1. The molecule has 0 saturated carbocycles. The Morgan fingerprint density at radius 2 is 1.88 bits per heavy atom. The first kappa shape index (κ1) is 18.1. The first-order valence-corrected chi connectivity index (χ1v) is 9.24. The van der Waals surface area contributed by atoms with Crippen LogP contribution in [-0.4, -0.2) is 23.9 Å². The summed E-state index contributed by atoms with van der Waals surface area (Å²) in [5.74, 6) is -0.467. The number of fused-ring (bicyclic) bond motifs is 1. The van der Waals surface area contributed by atoms with Crippen molar-refractivity contribution in [1.82, 2.24) is 9.55 Å². The summed E-state index contributed by atoms with van der Waals surface area (Å²) < 4.78 is 23.6. The zero-order valence-electron chi connectivity index (χ0n) is 13.2. The van der Waals surface area contributed by atoms with Crippen molar-refractivity contribution in [3.05, 3.63) is 64.2 Å². The number of anilines is 1. The highest BCUT2D eigenvalue weighted by Crippen LogP contribution is 2.15. The Labute approximate surface area is 153 Å². The lowest BCUT2D eigenvalue weighted by atomic mass is 10.2. The molecule has 0 radical (unpaired) electrons. The van der Waals surface area contributed by atoms with Gasteiger partial charge in [0, 0.05) is 10.7 Å². The van der Waals surface area contributed by atoms with Crippen LogP contribution in [0.3, 0.4) is 0 Å². The van der Waals surface area contributed by atoms with Crippen LogP contribution in [0.15, 0.2) is 58.5 Å². The van der Waals surface area contributed by atoms with Crippen LogP contribution in [0, 0.1) is 0 Å². The number of benzene rings is 2. The molecule has 10 heteroatoms. The molecule has 1 amide bonds. The lowest BCUT2D eigenvalue weighted by Gasteiger charge is -2.08. The Kier molecular flexibility index (Phi) is 4.77. The van der Waals surface area contributed by atoms with E-state index in [1.165, 1.54) is 35.2 Å². The second-order valence-corrected chi connectivity index (χ2v) is 7.45. The van der Waals surface area contributed by atoms with Gasteiger partial charge in [0.1, 0.15) is 6.54 Å². The third kappa shape index (κ3) is 3.90. The molecule has 3 N–H and O–H groups in total. The van der Waals surface area contributed by atoms with Gasteiger partial charge in [-0.05, 0) is 42.5 Å². The summed E-state index contributed by atoms with van der Waals surface area (Å²) in [6.45, 7) is -0.249. The summed E-state index contributed by atoms with van der Waals surface area (Å²) in [4.78, 5) is 28.6. The number of hydrogen-bond donors (Lipinski definition) is 2. The molecule has 0 aliphatic rings. The first-order chi connectivity index (χ1) is 12.2. The number of primary sulfonamides is 1. The molecular weight excluding hydrogens is 380 g/mol. The van der Waals surface area contributed by atoms with Crippen LogP contribution >= 0.6 is 11.6 Å². The van der Waals surface area contributed by atoms with Gasteiger partial charge in [-0.2, -0.15) is 0 Å². The van der Waals surface area contributed by atoms with E-state index in [9.17, 15) is 18.0 Å². The van der Waals surface area contributed by atoms with E-state index in [-0.39, 0.29) is 17.0 Å². The normalized spacial score (nSPS) is 11.5. The van der Waals surface area contributed by atoms with E-state index in [4.69, 9.17) is 16.7 Å². The predicted molar refractivity (Wildman–Crippen MR) is 97.5 cm³/mol. The third-order valence-corrected chi connectivity index (χ3v) is 4.73. The molecule has 0 spiro atoms. The van der Waals surface area contributed by atoms with Gasteiger partial charge >= 0.3 is 0 Å². The van der Waals surface area contributed by atoms with Crippen molar-refractivity contribution in [2.45, 2.75) is 11.4 Å². The molecule has 0 atom stereocenters. The molecule has 2 aromatic carbocycles. The molecule has 1 heterocycles. The van der Waals surface area contributed by atoms with Crippen molar-refractivity contribution in [3.63, 3.8) is 0 Å². The maximum atomic E-state index is 12.4. The monoisotopic (exact) mass is 392 g/mol. The Hall–Kier alpha value is -2.75. The molecule has 3 rings (SSSR count). The second-order valence-electron chi connectivity index (χ2n) is 5.46. The fourth-order valence-electron chi connectivity index (χ4n) is 2.33. The highest BCUT2D eigenvalue weighted by Gasteiger charge is 2.10. The van der Waals surface area contributed by atoms with E-state index in [0.717, 1.165) is 0 Å². The molecule has 8 nitrogen and oxygen atoms in total. The van der Waals surface area contributed by atoms with Gasteiger partial charge < -0.3 is 5.32 Å². The zero-order chi connectivity index (χ0) is 18.9. The van der Waals surface area contributed by atoms with E-state index in [2.05, 4.69) is 10.3 Å². The van der Waals surface area contributed by atoms with Gasteiger partial charge in [0.05, 0.1) is 22.1 Å². The number of nitrogens with two attached hydrogens (primary N) is 1. The van der Waals surface area contributed by atoms with Gasteiger partial charge in [0.25, 0.3) is 5.56 Å². The molecule has 134 valence electrons. The number of hydrogen-bond acceptors (Lipinski definition) is 5. The second kappa shape index (κ2) is 6.87. The number of carbonyl (C=O) groups excluding carboxylic acids is 1. The molecule has 0 aliphatic heterocycles. The largest absolute Gasteiger partial charge is 0.325 e. The number of halogens is 1. The minimum Gasteiger partial charge on any atom is -0.325 e. The first-order valence-electron chi connectivity index (χ1n) is 7.31. The van der Waals surface area contributed by atoms with E-state index >= 15 is 0 Å². The summed E-state index contributed by atoms with van der Waals surface area (Å²) in [5.41, 5.74) is 0.445. The fraction of sp³-hybridized carbons (Fsp3) is 0.0625. The summed E-state index contributed by atoms with van der Waals surface area (Å²) in [7, 11) is -3.80. The van der Waals surface area contributed by atoms with Crippen LogP contribution in [0.4, 0.5) is 5.69 Å². The summed E-state index contributed by atoms with van der Waals surface area (Å²) in [6.07, 6.45) is 1.27. The van der Waals surface area contributed by atoms with E-state index in [1.807, 2.05) is 0 Å². The fourth-order valence-corrected chi connectivity index (χ4v) is 3.01. The van der Waals surface area contributed by atoms with E-state index < -0.39 is 15.9 Å². The number of amides is 1. The van der Waals surface area contributed by atoms with Crippen molar-refractivity contribution in [2.75, 3.05) is 5.32 Å². The number of nitrogens with one attached hydrogen (secondary N) is 1. The van der Waals surface area contributed by atoms with Crippen LogP contribution in [0.25, 0.3) is 10.9 Å². The maximum Gasteiger partial charge on any atom is 0.261 e. The summed E-state index contributed by atoms with van der Waals surface area (Å²) in [5, 5.41) is 8.39. The van der Waals surface area contributed by atoms with Crippen LogP contribution in [-0.2, 0) is 21.4 Å². The molecule has 0 unspecified atom stereocenters. The van der Waals surface area contributed by atoms with E-state index in [1.54, 1.807) is 18.2 Å². The molecule has 0 bridgehead atoms. The molecule has 1 aromatic heterocycles. The Morgan fingerprint density at radius 1 is 1.19 bits per heavy atom. The summed E-state index contributed by atoms with van der Waals surface area (Å²) >= 11 is 5.87. The average molecular weight is 393 g/mol. The zero-order valence-corrected chi connectivity index (χ0v) is 14.8. The molecule has 0 saturated heterocycles. The molecule has 0 fully saturated rings. The summed E-state index contributed by atoms with van der Waals surface area (Å²) in [6, 6.07) is 10.0. The maximum absolute atomic E-state index is 12.4. The molecule has 26 heavy (non-hydrogen) atoms. The van der Waals surface area contributed by atoms with Crippen molar-refractivity contribution in [1.29, 1.82) is 0 Å². The third-order valence-electron chi connectivity index (χ3n) is 3.57. The molecule has 3 aromatic rings. The number of sulfonamides is 1. The Bertz CT molecular complexity index is 1160. The topological polar surface area (TPSA) is 124 Å². The van der Waals surface area contributed by atoms with Gasteiger partial charge in [-0.15, -0.1) is 0 Å². The number of nitrogens with zero attached hydrogens (tertiary/aromatic N) is 2. The van der Waals surface area contributed by atoms with Crippen LogP contribution in [0.5, 0.6) is 0 Å². The standard InChI is InChI=1S/C16H13ClN4O4S/c17-10-1-6-13-14(7-10)19-9-21(16(13)23)8-15(22)20-11-2-4-12(5-3-11)26(18,24)25/h1-7,9H,8H2,(H,20,22)(H2,18,24,25). The number of rotatable bonds is 4. The minimum atomic E-state index is -3.80. The van der Waals surface area contributed by atoms with Crippen molar-refractivity contribution in [3.8, 4) is 0 Å². The average Bonchev–Trinajstić information content (AvgIpc) is 2.57. The van der Waals surface area contributed by atoms with Crippen molar-refractivity contribution < 1.29 is 13.2 Å². The lowest BCUT2D eigenvalue weighted by Crippen LogP contribution is -2.27. The lowest BCUT2D eigenvalue weighted by molar-refractivity contribution is -0.116. The molecular formula is C16H13ClN4O4S. The van der Waals surface area contributed by atoms with Crippen LogP contribution in [0.1, 0.15) is 0 Å². The van der Waals surface area contributed by atoms with E-state index in [0.29, 0.717) is 21.6 Å². The minimum absolute atomic E-state index is 0.0656. The van der Waals surface area contributed by atoms with Gasteiger partial charge in [-0.1, -0.05) is 11.6 Å². The van der Waals surface area contributed by atoms with Crippen LogP contribution in [0.2, 0.25) is 5.02 Å². The smallest absolute Gasteiger partial charge is 0.261 e. The van der Waals surface area contributed by atoms with Gasteiger partial charge in [0.15, 0.2) is 0 Å². The van der Waals surface area contributed by atoms with Gasteiger partial charge in [0.2, 0.25) is 15.9 Å². The number of aromatic nitrogens is 2.